The number of hydrogen-bond acceptors (Lipinski definition) is 7. The summed E-state index contributed by atoms with van der Waals surface area (Å²) < 4.78 is 35.3. The molecular weight excluding hydrogens is 306 g/mol. The molecule has 2 aromatic rings. The molecule has 0 amide bonds. The molecule has 1 aromatic heterocycles. The van der Waals surface area contributed by atoms with Crippen LogP contribution in [0.25, 0.3) is 0 Å². The highest BCUT2D eigenvalue weighted by molar-refractivity contribution is 7.87. The average molecular weight is 321 g/mol. The average Bonchev–Trinajstić information content (AvgIpc) is 2.47. The zero-order chi connectivity index (χ0) is 15.7. The van der Waals surface area contributed by atoms with Crippen LogP contribution in [0.2, 0.25) is 0 Å². The highest BCUT2D eigenvalue weighted by Gasteiger charge is 2.25. The summed E-state index contributed by atoms with van der Waals surface area (Å²) >= 11 is 0. The van der Waals surface area contributed by atoms with Crippen molar-refractivity contribution in [1.82, 2.24) is 9.97 Å². The quantitative estimate of drug-likeness (QED) is 0.860. The molecule has 1 aliphatic rings. The number of ether oxygens (including phenoxy) is 1. The molecule has 7 nitrogen and oxygen atoms in total. The first-order chi connectivity index (χ1) is 10.5. The Hall–Kier alpha value is -2.35. The second-order valence-corrected chi connectivity index (χ2v) is 6.43. The van der Waals surface area contributed by atoms with Crippen LogP contribution in [0.5, 0.6) is 11.6 Å². The number of anilines is 1. The predicted molar refractivity (Wildman–Crippen MR) is 79.7 cm³/mol. The molecule has 0 atom stereocenters. The van der Waals surface area contributed by atoms with Crippen LogP contribution in [-0.4, -0.2) is 31.5 Å². The molecule has 0 saturated heterocycles. The number of nitrogens with zero attached hydrogens (tertiary/aromatic N) is 2. The third kappa shape index (κ3) is 2.82. The van der Waals surface area contributed by atoms with Crippen LogP contribution in [0.1, 0.15) is 11.4 Å². The summed E-state index contributed by atoms with van der Waals surface area (Å²) in [5.74, 6) is 0.946. The van der Waals surface area contributed by atoms with Crippen molar-refractivity contribution in [3.63, 3.8) is 0 Å². The Bertz CT molecular complexity index is 804. The van der Waals surface area contributed by atoms with Gasteiger partial charge in [0.05, 0.1) is 6.54 Å². The smallest absolute Gasteiger partial charge is 0.340 e. The van der Waals surface area contributed by atoms with Gasteiger partial charge in [0, 0.05) is 0 Å². The minimum Gasteiger partial charge on any atom is -0.483 e. The lowest BCUT2D eigenvalue weighted by molar-refractivity contribution is 0.306. The van der Waals surface area contributed by atoms with E-state index in [2.05, 4.69) is 15.3 Å². The number of nitrogens with one attached hydrogen (secondary N) is 1. The Labute approximate surface area is 128 Å². The molecular formula is C14H15N3O4S. The topological polar surface area (TPSA) is 90.4 Å². The van der Waals surface area contributed by atoms with Gasteiger partial charge < -0.3 is 14.2 Å². The molecule has 2 heterocycles. The summed E-state index contributed by atoms with van der Waals surface area (Å²) in [6, 6.07) is 6.39. The monoisotopic (exact) mass is 321 g/mol. The number of rotatable bonds is 3. The van der Waals surface area contributed by atoms with E-state index in [1.807, 2.05) is 6.92 Å². The minimum absolute atomic E-state index is 0.0619. The van der Waals surface area contributed by atoms with Crippen LogP contribution in [0.15, 0.2) is 29.2 Å². The molecule has 0 fully saturated rings. The van der Waals surface area contributed by atoms with Crippen LogP contribution in [-0.2, 0) is 10.1 Å². The van der Waals surface area contributed by atoms with E-state index in [0.717, 1.165) is 5.56 Å². The van der Waals surface area contributed by atoms with Crippen molar-refractivity contribution in [2.75, 3.05) is 18.5 Å². The fourth-order valence-corrected chi connectivity index (χ4v) is 2.91. The van der Waals surface area contributed by atoms with Gasteiger partial charge in [0.25, 0.3) is 5.88 Å². The highest BCUT2D eigenvalue weighted by atomic mass is 32.2. The first-order valence-electron chi connectivity index (χ1n) is 6.72. The van der Waals surface area contributed by atoms with Gasteiger partial charge in [0.1, 0.15) is 17.3 Å². The third-order valence-corrected chi connectivity index (χ3v) is 4.31. The second-order valence-electron chi connectivity index (χ2n) is 4.88. The van der Waals surface area contributed by atoms with E-state index in [1.54, 1.807) is 19.1 Å². The molecule has 22 heavy (non-hydrogen) atoms. The zero-order valence-electron chi connectivity index (χ0n) is 12.2. The summed E-state index contributed by atoms with van der Waals surface area (Å²) in [5, 5.41) is 3.03. The van der Waals surface area contributed by atoms with Gasteiger partial charge in [-0.25, -0.2) is 4.98 Å². The maximum atomic E-state index is 12.4. The van der Waals surface area contributed by atoms with Gasteiger partial charge in [-0.3, -0.25) is 0 Å². The Morgan fingerprint density at radius 1 is 1.18 bits per heavy atom. The molecule has 0 spiro atoms. The van der Waals surface area contributed by atoms with E-state index in [-0.39, 0.29) is 16.5 Å². The lowest BCUT2D eigenvalue weighted by Crippen LogP contribution is -2.22. The van der Waals surface area contributed by atoms with E-state index in [9.17, 15) is 8.42 Å². The van der Waals surface area contributed by atoms with E-state index in [0.29, 0.717) is 24.8 Å². The maximum Gasteiger partial charge on any atom is 0.340 e. The van der Waals surface area contributed by atoms with Crippen LogP contribution in [0.3, 0.4) is 0 Å². The van der Waals surface area contributed by atoms with Crippen molar-refractivity contribution in [3.8, 4) is 11.6 Å². The zero-order valence-corrected chi connectivity index (χ0v) is 13.0. The Kier molecular flexibility index (Phi) is 3.61. The molecule has 8 heteroatoms. The molecule has 116 valence electrons. The summed E-state index contributed by atoms with van der Waals surface area (Å²) in [6.07, 6.45) is 0. The SMILES string of the molecule is Cc1ccc(S(=O)(=O)Oc2nc(C)nc3c2OCCN3)cc1. The summed E-state index contributed by atoms with van der Waals surface area (Å²) in [4.78, 5) is 8.27. The first kappa shape index (κ1) is 14.6. The van der Waals surface area contributed by atoms with Crippen LogP contribution in [0.4, 0.5) is 5.82 Å². The molecule has 3 rings (SSSR count). The van der Waals surface area contributed by atoms with Crippen molar-refractivity contribution >= 4 is 15.9 Å². The molecule has 0 bridgehead atoms. The van der Waals surface area contributed by atoms with Gasteiger partial charge in [0.15, 0.2) is 5.82 Å². The van der Waals surface area contributed by atoms with Crippen molar-refractivity contribution in [3.05, 3.63) is 35.7 Å². The standard InChI is InChI=1S/C14H15N3O4S/c1-9-3-5-11(6-4-9)22(18,19)21-14-12-13(15-7-8-20-12)16-10(2)17-14/h3-6H,7-8H2,1-2H3,(H,15,16,17). The van der Waals surface area contributed by atoms with Gasteiger partial charge in [-0.2, -0.15) is 13.4 Å². The molecule has 0 saturated carbocycles. The van der Waals surface area contributed by atoms with Gasteiger partial charge >= 0.3 is 10.1 Å². The molecule has 1 aromatic carbocycles. The fraction of sp³-hybridized carbons (Fsp3) is 0.286. The molecule has 0 aliphatic carbocycles. The van der Waals surface area contributed by atoms with Gasteiger partial charge in [-0.15, -0.1) is 0 Å². The largest absolute Gasteiger partial charge is 0.483 e. The number of hydrogen-bond donors (Lipinski definition) is 1. The van der Waals surface area contributed by atoms with Crippen molar-refractivity contribution < 1.29 is 17.3 Å². The normalized spacial score (nSPS) is 13.7. The highest BCUT2D eigenvalue weighted by Crippen LogP contribution is 2.35. The van der Waals surface area contributed by atoms with Crippen LogP contribution < -0.4 is 14.2 Å². The van der Waals surface area contributed by atoms with Gasteiger partial charge in [-0.05, 0) is 26.0 Å². The maximum absolute atomic E-state index is 12.4. The van der Waals surface area contributed by atoms with E-state index in [1.165, 1.54) is 12.1 Å². The van der Waals surface area contributed by atoms with Crippen molar-refractivity contribution in [1.29, 1.82) is 0 Å². The Morgan fingerprint density at radius 3 is 2.64 bits per heavy atom. The summed E-state index contributed by atoms with van der Waals surface area (Å²) in [5.41, 5.74) is 0.960. The number of aromatic nitrogens is 2. The Morgan fingerprint density at radius 2 is 1.91 bits per heavy atom. The third-order valence-electron chi connectivity index (χ3n) is 3.09. The second kappa shape index (κ2) is 5.45. The Balaban J connectivity index is 1.99. The molecule has 1 N–H and O–H groups in total. The van der Waals surface area contributed by atoms with Crippen LogP contribution in [0, 0.1) is 13.8 Å². The van der Waals surface area contributed by atoms with E-state index >= 15 is 0 Å². The summed E-state index contributed by atoms with van der Waals surface area (Å²) in [7, 11) is -3.98. The van der Waals surface area contributed by atoms with Gasteiger partial charge in [0.2, 0.25) is 5.75 Å². The molecule has 0 unspecified atom stereocenters. The van der Waals surface area contributed by atoms with E-state index < -0.39 is 10.1 Å². The number of fused-ring (bicyclic) bond motifs is 1. The van der Waals surface area contributed by atoms with Gasteiger partial charge in [-0.1, -0.05) is 17.7 Å². The molecule has 0 radical (unpaired) electrons. The lowest BCUT2D eigenvalue weighted by Gasteiger charge is -2.20. The number of benzene rings is 1. The fourth-order valence-electron chi connectivity index (χ4n) is 2.02. The lowest BCUT2D eigenvalue weighted by atomic mass is 10.2. The number of aryl methyl sites for hydroxylation is 2. The predicted octanol–water partition coefficient (Wildman–Crippen LogP) is 1.67. The molecule has 1 aliphatic heterocycles. The van der Waals surface area contributed by atoms with Crippen molar-refractivity contribution in [2.45, 2.75) is 18.7 Å². The summed E-state index contributed by atoms with van der Waals surface area (Å²) in [6.45, 7) is 4.51. The van der Waals surface area contributed by atoms with Crippen LogP contribution >= 0.6 is 0 Å². The first-order valence-corrected chi connectivity index (χ1v) is 8.13. The van der Waals surface area contributed by atoms with Crippen molar-refractivity contribution in [2.24, 2.45) is 0 Å². The van der Waals surface area contributed by atoms with E-state index in [4.69, 9.17) is 8.92 Å². The minimum atomic E-state index is -3.98.